The number of rotatable bonds is 3. The highest BCUT2D eigenvalue weighted by molar-refractivity contribution is 7.89. The molecule has 2 aromatic carbocycles. The van der Waals surface area contributed by atoms with Gasteiger partial charge in [-0.1, -0.05) is 24.3 Å². The first kappa shape index (κ1) is 17.3. The second-order valence-corrected chi connectivity index (χ2v) is 7.79. The summed E-state index contributed by atoms with van der Waals surface area (Å²) in [5.41, 5.74) is 1.17. The van der Waals surface area contributed by atoms with E-state index in [9.17, 15) is 17.6 Å². The number of carbonyl (C=O) groups is 1. The fourth-order valence-corrected chi connectivity index (χ4v) is 3.43. The van der Waals surface area contributed by atoms with Gasteiger partial charge in [-0.05, 0) is 49.2 Å². The van der Waals surface area contributed by atoms with E-state index in [2.05, 4.69) is 0 Å². The number of sulfonamides is 1. The lowest BCUT2D eigenvalue weighted by Crippen LogP contribution is -2.22. The minimum atomic E-state index is -3.81. The SMILES string of the molecule is CC1(C)OC(=O)C(c2ccc(F)cc2)=C1c1ccc(S(N)(=O)=O)cc1. The van der Waals surface area contributed by atoms with Crippen molar-refractivity contribution in [3.05, 3.63) is 65.5 Å². The average Bonchev–Trinajstić information content (AvgIpc) is 2.76. The molecule has 0 aromatic heterocycles. The van der Waals surface area contributed by atoms with Crippen molar-refractivity contribution in [1.82, 2.24) is 0 Å². The zero-order valence-corrected chi connectivity index (χ0v) is 14.4. The van der Waals surface area contributed by atoms with Gasteiger partial charge >= 0.3 is 5.97 Å². The van der Waals surface area contributed by atoms with Crippen molar-refractivity contribution < 1.29 is 22.3 Å². The molecule has 0 saturated carbocycles. The molecule has 0 fully saturated rings. The van der Waals surface area contributed by atoms with Gasteiger partial charge < -0.3 is 4.74 Å². The highest BCUT2D eigenvalue weighted by Crippen LogP contribution is 2.43. The highest BCUT2D eigenvalue weighted by atomic mass is 32.2. The number of esters is 1. The van der Waals surface area contributed by atoms with E-state index >= 15 is 0 Å². The van der Waals surface area contributed by atoms with Gasteiger partial charge in [0.2, 0.25) is 10.0 Å². The molecule has 5 nitrogen and oxygen atoms in total. The van der Waals surface area contributed by atoms with Crippen molar-refractivity contribution in [2.45, 2.75) is 24.3 Å². The van der Waals surface area contributed by atoms with E-state index in [4.69, 9.17) is 9.88 Å². The Morgan fingerprint density at radius 3 is 2.00 bits per heavy atom. The molecule has 7 heteroatoms. The summed E-state index contributed by atoms with van der Waals surface area (Å²) in [5, 5.41) is 5.11. The van der Waals surface area contributed by atoms with Gasteiger partial charge in [0.1, 0.15) is 11.4 Å². The number of ether oxygens (including phenoxy) is 1. The molecule has 3 rings (SSSR count). The molecule has 0 saturated heterocycles. The lowest BCUT2D eigenvalue weighted by atomic mass is 9.87. The standard InChI is InChI=1S/C18H16FNO4S/c1-18(2)16(12-5-9-14(10-6-12)25(20,22)23)15(17(21)24-18)11-3-7-13(19)8-4-11/h3-10H,1-2H3,(H2,20,22,23). The first-order chi connectivity index (χ1) is 11.6. The smallest absolute Gasteiger partial charge is 0.340 e. The third-order valence-corrected chi connectivity index (χ3v) is 4.94. The first-order valence-corrected chi connectivity index (χ1v) is 9.01. The number of nitrogens with two attached hydrogens (primary N) is 1. The molecule has 25 heavy (non-hydrogen) atoms. The van der Waals surface area contributed by atoms with Gasteiger partial charge in [0.05, 0.1) is 10.5 Å². The summed E-state index contributed by atoms with van der Waals surface area (Å²) in [5.74, 6) is -0.920. The summed E-state index contributed by atoms with van der Waals surface area (Å²) < 4.78 is 41.5. The largest absolute Gasteiger partial charge is 0.451 e. The van der Waals surface area contributed by atoms with Gasteiger partial charge in [-0.2, -0.15) is 0 Å². The maximum atomic E-state index is 13.2. The van der Waals surface area contributed by atoms with Crippen LogP contribution in [-0.2, 0) is 19.6 Å². The van der Waals surface area contributed by atoms with Crippen LogP contribution in [0.15, 0.2) is 53.4 Å². The Hall–Kier alpha value is -2.51. The van der Waals surface area contributed by atoms with Gasteiger partial charge in [-0.3, -0.25) is 0 Å². The van der Waals surface area contributed by atoms with E-state index in [1.165, 1.54) is 36.4 Å². The average molecular weight is 361 g/mol. The van der Waals surface area contributed by atoms with Crippen LogP contribution in [0.1, 0.15) is 25.0 Å². The maximum absolute atomic E-state index is 13.2. The molecule has 0 aliphatic carbocycles. The molecule has 130 valence electrons. The van der Waals surface area contributed by atoms with Crippen LogP contribution >= 0.6 is 0 Å². The Morgan fingerprint density at radius 1 is 0.960 bits per heavy atom. The predicted molar refractivity (Wildman–Crippen MR) is 91.2 cm³/mol. The monoisotopic (exact) mass is 361 g/mol. The maximum Gasteiger partial charge on any atom is 0.340 e. The zero-order chi connectivity index (χ0) is 18.4. The van der Waals surface area contributed by atoms with Gasteiger partial charge in [0, 0.05) is 5.57 Å². The molecular weight excluding hydrogens is 345 g/mol. The highest BCUT2D eigenvalue weighted by Gasteiger charge is 2.41. The quantitative estimate of drug-likeness (QED) is 0.852. The summed E-state index contributed by atoms with van der Waals surface area (Å²) in [6.45, 7) is 3.48. The van der Waals surface area contributed by atoms with E-state index in [1.807, 2.05) is 0 Å². The summed E-state index contributed by atoms with van der Waals surface area (Å²) in [6.07, 6.45) is 0. The lowest BCUT2D eigenvalue weighted by molar-refractivity contribution is -0.141. The van der Waals surface area contributed by atoms with Crippen molar-refractivity contribution in [3.63, 3.8) is 0 Å². The molecule has 1 aliphatic rings. The molecule has 2 N–H and O–H groups in total. The van der Waals surface area contributed by atoms with Gasteiger partial charge in [-0.15, -0.1) is 0 Å². The molecule has 0 unspecified atom stereocenters. The van der Waals surface area contributed by atoms with Crippen molar-refractivity contribution >= 4 is 27.1 Å². The second-order valence-electron chi connectivity index (χ2n) is 6.23. The molecule has 0 atom stereocenters. The van der Waals surface area contributed by atoms with E-state index in [0.29, 0.717) is 22.3 Å². The minimum Gasteiger partial charge on any atom is -0.451 e. The molecule has 0 amide bonds. The molecule has 1 aliphatic heterocycles. The van der Waals surface area contributed by atoms with Crippen molar-refractivity contribution in [2.75, 3.05) is 0 Å². The third kappa shape index (κ3) is 3.20. The predicted octanol–water partition coefficient (Wildman–Crippen LogP) is 2.72. The van der Waals surface area contributed by atoms with Crippen LogP contribution < -0.4 is 5.14 Å². The Balaban J connectivity index is 2.20. The molecular formula is C18H16FNO4S. The van der Waals surface area contributed by atoms with Gasteiger partial charge in [-0.25, -0.2) is 22.7 Å². The van der Waals surface area contributed by atoms with Crippen LogP contribution in [0.3, 0.4) is 0 Å². The Kier molecular flexibility index (Phi) is 4.01. The Bertz CT molecular complexity index is 975. The van der Waals surface area contributed by atoms with Crippen LogP contribution in [0, 0.1) is 5.82 Å². The first-order valence-electron chi connectivity index (χ1n) is 7.47. The number of cyclic esters (lactones) is 1. The second kappa shape index (κ2) is 5.79. The molecule has 1 heterocycles. The summed E-state index contributed by atoms with van der Waals surface area (Å²) in [7, 11) is -3.81. The Labute approximate surface area is 145 Å². The van der Waals surface area contributed by atoms with E-state index in [-0.39, 0.29) is 4.90 Å². The molecule has 0 spiro atoms. The van der Waals surface area contributed by atoms with Crippen molar-refractivity contribution in [2.24, 2.45) is 5.14 Å². The summed E-state index contributed by atoms with van der Waals surface area (Å²) in [4.78, 5) is 12.4. The lowest BCUT2D eigenvalue weighted by Gasteiger charge is -2.21. The topological polar surface area (TPSA) is 86.5 Å². The summed E-state index contributed by atoms with van der Waals surface area (Å²) in [6, 6.07) is 11.4. The number of benzene rings is 2. The molecule has 0 bridgehead atoms. The van der Waals surface area contributed by atoms with Crippen molar-refractivity contribution in [1.29, 1.82) is 0 Å². The van der Waals surface area contributed by atoms with E-state index < -0.39 is 27.4 Å². The zero-order valence-electron chi connectivity index (χ0n) is 13.6. The third-order valence-electron chi connectivity index (χ3n) is 4.01. The Morgan fingerprint density at radius 2 is 1.48 bits per heavy atom. The normalized spacial score (nSPS) is 16.9. The minimum absolute atomic E-state index is 0.0248. The number of primary sulfonamides is 1. The number of halogens is 1. The van der Waals surface area contributed by atoms with Crippen LogP contribution in [-0.4, -0.2) is 20.0 Å². The fraction of sp³-hybridized carbons (Fsp3) is 0.167. The van der Waals surface area contributed by atoms with Crippen molar-refractivity contribution in [3.8, 4) is 0 Å². The van der Waals surface area contributed by atoms with Gasteiger partial charge in [0.25, 0.3) is 0 Å². The van der Waals surface area contributed by atoms with E-state index in [0.717, 1.165) is 0 Å². The van der Waals surface area contributed by atoms with Crippen LogP contribution in [0.4, 0.5) is 4.39 Å². The van der Waals surface area contributed by atoms with Crippen LogP contribution in [0.5, 0.6) is 0 Å². The molecule has 0 radical (unpaired) electrons. The molecule has 2 aromatic rings. The van der Waals surface area contributed by atoms with Gasteiger partial charge in [0.15, 0.2) is 0 Å². The van der Waals surface area contributed by atoms with E-state index in [1.54, 1.807) is 26.0 Å². The number of carbonyl (C=O) groups excluding carboxylic acids is 1. The van der Waals surface area contributed by atoms with Crippen LogP contribution in [0.25, 0.3) is 11.1 Å². The van der Waals surface area contributed by atoms with Crippen LogP contribution in [0.2, 0.25) is 0 Å². The summed E-state index contributed by atoms with van der Waals surface area (Å²) >= 11 is 0. The number of hydrogen-bond donors (Lipinski definition) is 1. The fourth-order valence-electron chi connectivity index (χ4n) is 2.92. The number of hydrogen-bond acceptors (Lipinski definition) is 4.